The van der Waals surface area contributed by atoms with Gasteiger partial charge in [-0.3, -0.25) is 0 Å². The van der Waals surface area contributed by atoms with Gasteiger partial charge in [-0.2, -0.15) is 0 Å². The van der Waals surface area contributed by atoms with Crippen LogP contribution in [-0.4, -0.2) is 35.8 Å². The summed E-state index contributed by atoms with van der Waals surface area (Å²) in [4.78, 5) is 11.4. The molecule has 0 radical (unpaired) electrons. The summed E-state index contributed by atoms with van der Waals surface area (Å²) in [6.07, 6.45) is -0.883. The van der Waals surface area contributed by atoms with Gasteiger partial charge in [-0.1, -0.05) is 18.2 Å². The van der Waals surface area contributed by atoms with Crippen LogP contribution in [0.3, 0.4) is 0 Å². The fraction of sp³-hybridized carbons (Fsp3) is 0.562. The van der Waals surface area contributed by atoms with Crippen LogP contribution in [0.4, 0.5) is 13.6 Å². The minimum Gasteiger partial charge on any atom is -0.508 e. The summed E-state index contributed by atoms with van der Waals surface area (Å²) in [5.74, 6) is -3.10. The van der Waals surface area contributed by atoms with Gasteiger partial charge in [0, 0.05) is 11.6 Å². The second-order valence-corrected chi connectivity index (χ2v) is 6.37. The normalized spacial score (nSPS) is 13.5. The molecule has 23 heavy (non-hydrogen) atoms. The monoisotopic (exact) mass is 330 g/mol. The summed E-state index contributed by atoms with van der Waals surface area (Å²) >= 11 is 0. The number of carbonyl (C=O) groups excluding carboxylic acids is 1. The van der Waals surface area contributed by atoms with Crippen LogP contribution >= 0.6 is 0 Å². The van der Waals surface area contributed by atoms with Crippen molar-refractivity contribution in [2.24, 2.45) is 0 Å². The average molecular weight is 330 g/mol. The van der Waals surface area contributed by atoms with Gasteiger partial charge in [0.2, 0.25) is 0 Å². The molecule has 5 nitrogen and oxygen atoms in total. The van der Waals surface area contributed by atoms with Crippen molar-refractivity contribution >= 4 is 6.09 Å². The highest BCUT2D eigenvalue weighted by atomic mass is 19.3. The lowest BCUT2D eigenvalue weighted by Crippen LogP contribution is -2.45. The fourth-order valence-electron chi connectivity index (χ4n) is 1.84. The third-order valence-corrected chi connectivity index (χ3v) is 2.96. The Morgan fingerprint density at radius 3 is 2.43 bits per heavy atom. The van der Waals surface area contributed by atoms with Crippen molar-refractivity contribution in [2.75, 3.05) is 13.1 Å². The fourth-order valence-corrected chi connectivity index (χ4v) is 1.84. The van der Waals surface area contributed by atoms with Crippen molar-refractivity contribution in [3.8, 4) is 5.75 Å². The number of alkyl halides is 2. The Balaban J connectivity index is 2.46. The van der Waals surface area contributed by atoms with E-state index in [1.807, 2.05) is 0 Å². The lowest BCUT2D eigenvalue weighted by Gasteiger charge is -2.23. The number of carbonyl (C=O) groups is 1. The van der Waals surface area contributed by atoms with Crippen molar-refractivity contribution in [1.29, 1.82) is 0 Å². The van der Waals surface area contributed by atoms with E-state index in [0.29, 0.717) is 5.56 Å². The van der Waals surface area contributed by atoms with Crippen LogP contribution in [0.5, 0.6) is 5.75 Å². The molecule has 1 aromatic carbocycles. The van der Waals surface area contributed by atoms with Crippen molar-refractivity contribution < 1.29 is 23.4 Å². The van der Waals surface area contributed by atoms with E-state index in [2.05, 4.69) is 10.6 Å². The van der Waals surface area contributed by atoms with Crippen LogP contribution in [0.15, 0.2) is 24.3 Å². The van der Waals surface area contributed by atoms with E-state index in [1.165, 1.54) is 6.07 Å². The molecule has 0 fully saturated rings. The molecular weight excluding hydrogens is 306 g/mol. The molecule has 0 aliphatic carbocycles. The number of hydrogen-bond donors (Lipinski definition) is 3. The van der Waals surface area contributed by atoms with E-state index >= 15 is 0 Å². The maximum Gasteiger partial charge on any atom is 0.407 e. The zero-order valence-electron chi connectivity index (χ0n) is 13.8. The quantitative estimate of drug-likeness (QED) is 0.749. The van der Waals surface area contributed by atoms with Gasteiger partial charge < -0.3 is 20.5 Å². The number of para-hydroxylation sites is 1. The standard InChI is InChI=1S/C16H24F2N2O3/c1-11(12-7-5-6-8-13(12)21)19-9-16(17,18)10-20-14(22)23-15(2,3)4/h5-8,11,19,21H,9-10H2,1-4H3,(H,20,22). The molecule has 0 saturated carbocycles. The Kier molecular flexibility index (Phi) is 6.32. The van der Waals surface area contributed by atoms with E-state index in [-0.39, 0.29) is 5.75 Å². The summed E-state index contributed by atoms with van der Waals surface area (Å²) in [6.45, 7) is 5.16. The number of ether oxygens (including phenoxy) is 1. The molecule has 7 heteroatoms. The summed E-state index contributed by atoms with van der Waals surface area (Å²) < 4.78 is 32.5. The molecule has 3 N–H and O–H groups in total. The van der Waals surface area contributed by atoms with Gasteiger partial charge in [0.15, 0.2) is 0 Å². The number of amides is 1. The second kappa shape index (κ2) is 7.59. The minimum absolute atomic E-state index is 0.0442. The van der Waals surface area contributed by atoms with E-state index < -0.39 is 36.7 Å². The molecule has 0 heterocycles. The van der Waals surface area contributed by atoms with Crippen molar-refractivity contribution in [2.45, 2.75) is 45.3 Å². The topological polar surface area (TPSA) is 70.6 Å². The molecule has 0 aliphatic rings. The zero-order valence-corrected chi connectivity index (χ0v) is 13.8. The summed E-state index contributed by atoms with van der Waals surface area (Å²) in [6, 6.07) is 6.07. The first-order chi connectivity index (χ1) is 10.5. The van der Waals surface area contributed by atoms with Crippen LogP contribution in [0, 0.1) is 0 Å². The highest BCUT2D eigenvalue weighted by Gasteiger charge is 2.31. The first-order valence-corrected chi connectivity index (χ1v) is 7.36. The van der Waals surface area contributed by atoms with Crippen molar-refractivity contribution in [3.05, 3.63) is 29.8 Å². The summed E-state index contributed by atoms with van der Waals surface area (Å²) in [7, 11) is 0. The van der Waals surface area contributed by atoms with Crippen LogP contribution in [0.25, 0.3) is 0 Å². The molecule has 1 unspecified atom stereocenters. The number of phenols is 1. The maximum absolute atomic E-state index is 13.8. The second-order valence-electron chi connectivity index (χ2n) is 6.37. The first kappa shape index (κ1) is 19.2. The highest BCUT2D eigenvalue weighted by molar-refractivity contribution is 5.67. The van der Waals surface area contributed by atoms with Gasteiger partial charge >= 0.3 is 6.09 Å². The number of benzene rings is 1. The Hall–Kier alpha value is -1.89. The third kappa shape index (κ3) is 7.27. The minimum atomic E-state index is -3.14. The van der Waals surface area contributed by atoms with Gasteiger partial charge in [-0.15, -0.1) is 0 Å². The predicted octanol–water partition coefficient (Wildman–Crippen LogP) is 3.20. The third-order valence-electron chi connectivity index (χ3n) is 2.96. The summed E-state index contributed by atoms with van der Waals surface area (Å²) in [5, 5.41) is 14.4. The largest absolute Gasteiger partial charge is 0.508 e. The number of hydrogen-bond acceptors (Lipinski definition) is 4. The summed E-state index contributed by atoms with van der Waals surface area (Å²) in [5.41, 5.74) is -0.208. The van der Waals surface area contributed by atoms with E-state index in [1.54, 1.807) is 45.9 Å². The number of phenolic OH excluding ortho intramolecular Hbond substituents is 1. The average Bonchev–Trinajstić information content (AvgIpc) is 2.42. The van der Waals surface area contributed by atoms with Crippen LogP contribution in [0.1, 0.15) is 39.3 Å². The number of halogens is 2. The molecule has 130 valence electrons. The number of aromatic hydroxyl groups is 1. The van der Waals surface area contributed by atoms with Crippen molar-refractivity contribution in [3.63, 3.8) is 0 Å². The Bertz CT molecular complexity index is 530. The Labute approximate surface area is 135 Å². The molecular formula is C16H24F2N2O3. The van der Waals surface area contributed by atoms with Crippen LogP contribution in [-0.2, 0) is 4.74 Å². The zero-order chi connectivity index (χ0) is 17.7. The van der Waals surface area contributed by atoms with E-state index in [9.17, 15) is 18.7 Å². The molecule has 1 atom stereocenters. The van der Waals surface area contributed by atoms with Crippen molar-refractivity contribution in [1.82, 2.24) is 10.6 Å². The molecule has 0 aliphatic heterocycles. The van der Waals surface area contributed by atoms with E-state index in [0.717, 1.165) is 0 Å². The molecule has 1 amide bonds. The Morgan fingerprint density at radius 2 is 1.87 bits per heavy atom. The first-order valence-electron chi connectivity index (χ1n) is 7.36. The smallest absolute Gasteiger partial charge is 0.407 e. The van der Waals surface area contributed by atoms with E-state index in [4.69, 9.17) is 4.74 Å². The van der Waals surface area contributed by atoms with Gasteiger partial charge in [0.05, 0.1) is 13.1 Å². The number of nitrogens with one attached hydrogen (secondary N) is 2. The maximum atomic E-state index is 13.8. The predicted molar refractivity (Wildman–Crippen MR) is 83.7 cm³/mol. The molecule has 0 saturated heterocycles. The highest BCUT2D eigenvalue weighted by Crippen LogP contribution is 2.24. The lowest BCUT2D eigenvalue weighted by molar-refractivity contribution is -0.00529. The SMILES string of the molecule is CC(NCC(F)(F)CNC(=O)OC(C)(C)C)c1ccccc1O. The Morgan fingerprint density at radius 1 is 1.26 bits per heavy atom. The van der Waals surface area contributed by atoms with Gasteiger partial charge in [0.1, 0.15) is 11.4 Å². The van der Waals surface area contributed by atoms with Crippen LogP contribution in [0.2, 0.25) is 0 Å². The van der Waals surface area contributed by atoms with Gasteiger partial charge in [-0.05, 0) is 33.8 Å². The van der Waals surface area contributed by atoms with Gasteiger partial charge in [0.25, 0.3) is 5.92 Å². The number of rotatable bonds is 6. The number of alkyl carbamates (subject to hydrolysis) is 1. The molecule has 1 aromatic rings. The molecule has 0 aromatic heterocycles. The van der Waals surface area contributed by atoms with Crippen LogP contribution < -0.4 is 10.6 Å². The molecule has 0 spiro atoms. The molecule has 0 bridgehead atoms. The molecule has 1 rings (SSSR count). The van der Waals surface area contributed by atoms with Gasteiger partial charge in [-0.25, -0.2) is 13.6 Å². The lowest BCUT2D eigenvalue weighted by atomic mass is 10.1.